The second-order valence-corrected chi connectivity index (χ2v) is 5.28. The largest absolute Gasteiger partial charge is 0.489 e. The molecule has 0 bridgehead atoms. The highest BCUT2D eigenvalue weighted by molar-refractivity contribution is 5.80. The number of aldehydes is 1. The highest BCUT2D eigenvalue weighted by Gasteiger charge is 2.10. The minimum atomic E-state index is -0.538. The van der Waals surface area contributed by atoms with Gasteiger partial charge >= 0.3 is 0 Å². The van der Waals surface area contributed by atoms with Crippen molar-refractivity contribution in [1.29, 1.82) is 0 Å². The SMILES string of the molecule is CC(C)=CCC/C(C)=C/COc1ccc([N+](=O)[O-])cc1C=O. The van der Waals surface area contributed by atoms with E-state index in [4.69, 9.17) is 4.74 Å². The standard InChI is InChI=1S/C17H21NO4/c1-13(2)5-4-6-14(3)9-10-22-17-8-7-16(18(20)21)11-15(17)12-19/h5,7-9,11-12H,4,6,10H2,1-3H3/b14-9+. The average molecular weight is 303 g/mol. The number of rotatable bonds is 8. The van der Waals surface area contributed by atoms with Gasteiger partial charge in [-0.25, -0.2) is 0 Å². The normalized spacial score (nSPS) is 11.0. The van der Waals surface area contributed by atoms with Gasteiger partial charge in [0.05, 0.1) is 10.5 Å². The summed E-state index contributed by atoms with van der Waals surface area (Å²) in [7, 11) is 0. The van der Waals surface area contributed by atoms with Gasteiger partial charge in [0, 0.05) is 12.1 Å². The lowest BCUT2D eigenvalue weighted by molar-refractivity contribution is -0.384. The van der Waals surface area contributed by atoms with Crippen LogP contribution in [0.3, 0.4) is 0 Å². The number of hydrogen-bond donors (Lipinski definition) is 0. The van der Waals surface area contributed by atoms with Gasteiger partial charge in [-0.1, -0.05) is 17.2 Å². The molecule has 1 aromatic rings. The zero-order chi connectivity index (χ0) is 16.5. The van der Waals surface area contributed by atoms with E-state index in [0.29, 0.717) is 18.6 Å². The Bertz CT molecular complexity index is 599. The lowest BCUT2D eigenvalue weighted by atomic mass is 10.1. The van der Waals surface area contributed by atoms with E-state index in [1.807, 2.05) is 13.0 Å². The van der Waals surface area contributed by atoms with Gasteiger partial charge in [-0.3, -0.25) is 14.9 Å². The van der Waals surface area contributed by atoms with Gasteiger partial charge in [0.1, 0.15) is 12.4 Å². The molecule has 1 rings (SSSR count). The Morgan fingerprint density at radius 2 is 2.00 bits per heavy atom. The summed E-state index contributed by atoms with van der Waals surface area (Å²) in [5, 5.41) is 10.7. The lowest BCUT2D eigenvalue weighted by Gasteiger charge is -2.07. The zero-order valence-electron chi connectivity index (χ0n) is 13.2. The van der Waals surface area contributed by atoms with Gasteiger partial charge in [-0.2, -0.15) is 0 Å². The monoisotopic (exact) mass is 303 g/mol. The van der Waals surface area contributed by atoms with Crippen LogP contribution >= 0.6 is 0 Å². The topological polar surface area (TPSA) is 69.4 Å². The molecule has 0 N–H and O–H groups in total. The van der Waals surface area contributed by atoms with E-state index >= 15 is 0 Å². The third-order valence-corrected chi connectivity index (χ3v) is 3.09. The van der Waals surface area contributed by atoms with Crippen molar-refractivity contribution < 1.29 is 14.5 Å². The van der Waals surface area contributed by atoms with Crippen molar-refractivity contribution >= 4 is 12.0 Å². The maximum absolute atomic E-state index is 11.0. The number of carbonyl (C=O) groups excluding carboxylic acids is 1. The van der Waals surface area contributed by atoms with Crippen LogP contribution in [0.2, 0.25) is 0 Å². The molecule has 0 heterocycles. The second-order valence-electron chi connectivity index (χ2n) is 5.28. The van der Waals surface area contributed by atoms with Gasteiger partial charge in [-0.15, -0.1) is 0 Å². The molecule has 0 aliphatic rings. The number of ether oxygens (including phenoxy) is 1. The van der Waals surface area contributed by atoms with E-state index in [0.717, 1.165) is 12.8 Å². The van der Waals surface area contributed by atoms with Crippen LogP contribution in [-0.2, 0) is 0 Å². The number of nitro groups is 1. The number of carbonyl (C=O) groups is 1. The summed E-state index contributed by atoms with van der Waals surface area (Å²) in [6.07, 6.45) is 6.64. The number of benzene rings is 1. The van der Waals surface area contributed by atoms with Crippen molar-refractivity contribution in [3.05, 3.63) is 57.2 Å². The first kappa shape index (κ1) is 17.6. The molecule has 1 aromatic carbocycles. The van der Waals surface area contributed by atoms with Gasteiger partial charge < -0.3 is 4.74 Å². The van der Waals surface area contributed by atoms with Gasteiger partial charge in [0.25, 0.3) is 5.69 Å². The average Bonchev–Trinajstić information content (AvgIpc) is 2.46. The fourth-order valence-corrected chi connectivity index (χ4v) is 1.84. The fourth-order valence-electron chi connectivity index (χ4n) is 1.84. The van der Waals surface area contributed by atoms with E-state index in [1.54, 1.807) is 0 Å². The summed E-state index contributed by atoms with van der Waals surface area (Å²) < 4.78 is 5.52. The summed E-state index contributed by atoms with van der Waals surface area (Å²) in [4.78, 5) is 21.1. The Kier molecular flexibility index (Phi) is 7.02. The predicted molar refractivity (Wildman–Crippen MR) is 86.4 cm³/mol. The molecule has 0 saturated heterocycles. The molecule has 22 heavy (non-hydrogen) atoms. The van der Waals surface area contributed by atoms with Crippen LogP contribution in [0, 0.1) is 10.1 Å². The van der Waals surface area contributed by atoms with Gasteiger partial charge in [0.2, 0.25) is 0 Å². The van der Waals surface area contributed by atoms with Crippen LogP contribution < -0.4 is 4.74 Å². The number of non-ortho nitro benzene ring substituents is 1. The summed E-state index contributed by atoms with van der Waals surface area (Å²) in [6, 6.07) is 4.00. The first-order chi connectivity index (χ1) is 10.4. The Labute approximate surface area is 130 Å². The van der Waals surface area contributed by atoms with Crippen molar-refractivity contribution in [3.63, 3.8) is 0 Å². The molecule has 0 atom stereocenters. The smallest absolute Gasteiger partial charge is 0.270 e. The summed E-state index contributed by atoms with van der Waals surface area (Å²) in [5.41, 5.74) is 2.56. The van der Waals surface area contributed by atoms with Crippen molar-refractivity contribution in [3.8, 4) is 5.75 Å². The first-order valence-electron chi connectivity index (χ1n) is 7.09. The summed E-state index contributed by atoms with van der Waals surface area (Å²) in [6.45, 7) is 6.49. The molecule has 5 nitrogen and oxygen atoms in total. The molecule has 0 amide bonds. The summed E-state index contributed by atoms with van der Waals surface area (Å²) >= 11 is 0. The molecule has 0 fully saturated rings. The quantitative estimate of drug-likeness (QED) is 0.307. The molecule has 0 unspecified atom stereocenters. The third kappa shape index (κ3) is 5.91. The molecular formula is C17H21NO4. The first-order valence-corrected chi connectivity index (χ1v) is 7.09. The van der Waals surface area contributed by atoms with Crippen LogP contribution in [0.25, 0.3) is 0 Å². The van der Waals surface area contributed by atoms with Crippen LogP contribution in [0.15, 0.2) is 41.5 Å². The molecule has 0 aliphatic carbocycles. The molecule has 0 aliphatic heterocycles. The van der Waals surface area contributed by atoms with Crippen LogP contribution in [0.1, 0.15) is 44.0 Å². The van der Waals surface area contributed by atoms with E-state index < -0.39 is 4.92 Å². The van der Waals surface area contributed by atoms with Crippen LogP contribution in [-0.4, -0.2) is 17.8 Å². The van der Waals surface area contributed by atoms with E-state index in [2.05, 4.69) is 19.9 Å². The second kappa shape index (κ2) is 8.77. The Balaban J connectivity index is 2.62. The van der Waals surface area contributed by atoms with E-state index in [-0.39, 0.29) is 11.3 Å². The van der Waals surface area contributed by atoms with Gasteiger partial charge in [0.15, 0.2) is 6.29 Å². The minimum Gasteiger partial charge on any atom is -0.489 e. The maximum Gasteiger partial charge on any atom is 0.270 e. The van der Waals surface area contributed by atoms with E-state index in [1.165, 1.54) is 29.3 Å². The van der Waals surface area contributed by atoms with Crippen LogP contribution in [0.5, 0.6) is 5.75 Å². The van der Waals surface area contributed by atoms with E-state index in [9.17, 15) is 14.9 Å². The lowest BCUT2D eigenvalue weighted by Crippen LogP contribution is -1.99. The highest BCUT2D eigenvalue weighted by atomic mass is 16.6. The maximum atomic E-state index is 11.0. The Morgan fingerprint density at radius 3 is 2.59 bits per heavy atom. The molecule has 0 saturated carbocycles. The van der Waals surface area contributed by atoms with Crippen molar-refractivity contribution in [2.24, 2.45) is 0 Å². The Hall–Kier alpha value is -2.43. The third-order valence-electron chi connectivity index (χ3n) is 3.09. The van der Waals surface area contributed by atoms with Crippen molar-refractivity contribution in [2.45, 2.75) is 33.6 Å². The number of nitro benzene ring substituents is 1. The minimum absolute atomic E-state index is 0.122. The number of nitrogens with zero attached hydrogens (tertiary/aromatic N) is 1. The van der Waals surface area contributed by atoms with Crippen molar-refractivity contribution in [1.82, 2.24) is 0 Å². The molecule has 118 valence electrons. The fraction of sp³-hybridized carbons (Fsp3) is 0.353. The molecule has 0 radical (unpaired) electrons. The number of hydrogen-bond acceptors (Lipinski definition) is 4. The molecule has 5 heteroatoms. The van der Waals surface area contributed by atoms with Gasteiger partial charge in [-0.05, 0) is 45.8 Å². The summed E-state index contributed by atoms with van der Waals surface area (Å²) in [5.74, 6) is 0.356. The molecule has 0 aromatic heterocycles. The number of allylic oxidation sites excluding steroid dienone is 3. The predicted octanol–water partition coefficient (Wildman–Crippen LogP) is 4.48. The highest BCUT2D eigenvalue weighted by Crippen LogP contribution is 2.22. The molecule has 0 spiro atoms. The Morgan fingerprint density at radius 1 is 1.27 bits per heavy atom. The zero-order valence-corrected chi connectivity index (χ0v) is 13.2. The molecular weight excluding hydrogens is 282 g/mol. The van der Waals surface area contributed by atoms with Crippen molar-refractivity contribution in [2.75, 3.05) is 6.61 Å². The van der Waals surface area contributed by atoms with Crippen LogP contribution in [0.4, 0.5) is 5.69 Å².